The molecule has 178 valence electrons. The summed E-state index contributed by atoms with van der Waals surface area (Å²) in [5, 5.41) is 11.7. The Hall–Kier alpha value is -3.98. The smallest absolute Gasteiger partial charge is 0.335 e. The molecule has 35 heavy (non-hydrogen) atoms. The lowest BCUT2D eigenvalue weighted by atomic mass is 10.00. The fraction of sp³-hybridized carbons (Fsp3) is 0.115. The minimum Gasteiger partial charge on any atom is -0.508 e. The Morgan fingerprint density at radius 1 is 1.09 bits per heavy atom. The van der Waals surface area contributed by atoms with E-state index in [2.05, 4.69) is 21.2 Å². The third kappa shape index (κ3) is 5.09. The molecule has 0 spiro atoms. The highest BCUT2D eigenvalue weighted by Crippen LogP contribution is 2.33. The maximum Gasteiger partial charge on any atom is 0.335 e. The molecule has 1 aliphatic heterocycles. The van der Waals surface area contributed by atoms with Crippen LogP contribution in [0.15, 0.2) is 70.7 Å². The van der Waals surface area contributed by atoms with Gasteiger partial charge in [-0.05, 0) is 66.6 Å². The summed E-state index contributed by atoms with van der Waals surface area (Å²) >= 11 is 3.50. The van der Waals surface area contributed by atoms with Crippen LogP contribution in [-0.2, 0) is 16.0 Å². The van der Waals surface area contributed by atoms with Crippen molar-refractivity contribution in [3.63, 3.8) is 0 Å². The molecule has 1 heterocycles. The highest BCUT2D eigenvalue weighted by Gasteiger charge is 2.36. The molecule has 1 fully saturated rings. The average molecular weight is 539 g/mol. The van der Waals surface area contributed by atoms with Gasteiger partial charge < -0.3 is 9.84 Å². The van der Waals surface area contributed by atoms with Crippen molar-refractivity contribution in [2.45, 2.75) is 13.3 Å². The van der Waals surface area contributed by atoms with Crippen LogP contribution in [0.2, 0.25) is 0 Å². The summed E-state index contributed by atoms with van der Waals surface area (Å²) in [6, 6.07) is 14.3. The minimum absolute atomic E-state index is 0.0331. The van der Waals surface area contributed by atoms with Gasteiger partial charge in [0.1, 0.15) is 22.9 Å². The van der Waals surface area contributed by atoms with Gasteiger partial charge in [-0.2, -0.15) is 0 Å². The minimum atomic E-state index is -0.890. The molecule has 4 amide bonds. The number of carbonyl (C=O) groups is 3. The second-order valence-corrected chi connectivity index (χ2v) is 8.51. The summed E-state index contributed by atoms with van der Waals surface area (Å²) in [6.45, 7) is 2.16. The van der Waals surface area contributed by atoms with Gasteiger partial charge in [-0.3, -0.25) is 14.9 Å². The first-order valence-corrected chi connectivity index (χ1v) is 11.5. The number of phenolic OH excluding ortho intramolecular Hbond substituents is 1. The number of imide groups is 2. The van der Waals surface area contributed by atoms with Gasteiger partial charge in [0.15, 0.2) is 0 Å². The van der Waals surface area contributed by atoms with Crippen LogP contribution >= 0.6 is 15.9 Å². The molecular formula is C26H20BrFN2O5. The molecule has 1 aliphatic rings. The van der Waals surface area contributed by atoms with Gasteiger partial charge in [-0.25, -0.2) is 14.1 Å². The normalized spacial score (nSPS) is 14.9. The van der Waals surface area contributed by atoms with Gasteiger partial charge in [-0.1, -0.05) is 34.1 Å². The summed E-state index contributed by atoms with van der Waals surface area (Å²) in [6.07, 6.45) is 1.62. The number of amides is 4. The first-order valence-electron chi connectivity index (χ1n) is 10.7. The SMILES string of the molecule is CCOc1cc(/C=C2\C(=O)NC(=O)N(c3ccc(O)cc3)C2=O)cc(Br)c1Cc1ccccc1F. The zero-order valence-corrected chi connectivity index (χ0v) is 20.1. The van der Waals surface area contributed by atoms with Gasteiger partial charge in [-0.15, -0.1) is 0 Å². The van der Waals surface area contributed by atoms with Gasteiger partial charge in [0.2, 0.25) is 0 Å². The number of nitrogens with one attached hydrogen (secondary N) is 1. The number of aromatic hydroxyl groups is 1. The van der Waals surface area contributed by atoms with Crippen LogP contribution in [0.3, 0.4) is 0 Å². The molecule has 0 unspecified atom stereocenters. The maximum atomic E-state index is 14.2. The number of hydrogen-bond donors (Lipinski definition) is 2. The monoisotopic (exact) mass is 538 g/mol. The van der Waals surface area contributed by atoms with Crippen LogP contribution in [0.1, 0.15) is 23.6 Å². The number of urea groups is 1. The Morgan fingerprint density at radius 2 is 1.80 bits per heavy atom. The lowest BCUT2D eigenvalue weighted by Gasteiger charge is -2.26. The van der Waals surface area contributed by atoms with Crippen molar-refractivity contribution in [1.82, 2.24) is 5.32 Å². The van der Waals surface area contributed by atoms with E-state index in [1.807, 2.05) is 6.92 Å². The lowest BCUT2D eigenvalue weighted by molar-refractivity contribution is -0.122. The number of ether oxygens (including phenoxy) is 1. The van der Waals surface area contributed by atoms with Crippen molar-refractivity contribution in [2.24, 2.45) is 0 Å². The number of anilines is 1. The molecule has 0 aromatic heterocycles. The van der Waals surface area contributed by atoms with Crippen molar-refractivity contribution in [3.8, 4) is 11.5 Å². The Morgan fingerprint density at radius 3 is 2.49 bits per heavy atom. The average Bonchev–Trinajstić information content (AvgIpc) is 2.81. The highest BCUT2D eigenvalue weighted by molar-refractivity contribution is 9.10. The predicted octanol–water partition coefficient (Wildman–Crippen LogP) is 4.95. The topological polar surface area (TPSA) is 95.9 Å². The molecule has 0 atom stereocenters. The molecule has 9 heteroatoms. The second-order valence-electron chi connectivity index (χ2n) is 7.65. The van der Waals surface area contributed by atoms with Crippen LogP contribution in [0.5, 0.6) is 11.5 Å². The molecule has 3 aromatic rings. The van der Waals surface area contributed by atoms with Crippen molar-refractivity contribution in [2.75, 3.05) is 11.5 Å². The first kappa shape index (κ1) is 24.2. The fourth-order valence-corrected chi connectivity index (χ4v) is 4.26. The van der Waals surface area contributed by atoms with Crippen molar-refractivity contribution in [3.05, 3.63) is 93.2 Å². The molecule has 0 radical (unpaired) electrons. The Labute approximate surface area is 209 Å². The van der Waals surface area contributed by atoms with Gasteiger partial charge >= 0.3 is 6.03 Å². The third-order valence-electron chi connectivity index (χ3n) is 5.32. The van der Waals surface area contributed by atoms with E-state index in [0.717, 1.165) is 4.90 Å². The van der Waals surface area contributed by atoms with E-state index in [4.69, 9.17) is 4.74 Å². The van der Waals surface area contributed by atoms with E-state index >= 15 is 0 Å². The quantitative estimate of drug-likeness (QED) is 0.342. The predicted molar refractivity (Wildman–Crippen MR) is 132 cm³/mol. The zero-order valence-electron chi connectivity index (χ0n) is 18.5. The molecule has 1 saturated heterocycles. The van der Waals surface area contributed by atoms with E-state index in [1.165, 1.54) is 36.4 Å². The molecule has 4 rings (SSSR count). The summed E-state index contributed by atoms with van der Waals surface area (Å²) in [7, 11) is 0. The Kier molecular flexibility index (Phi) is 6.97. The molecule has 0 saturated carbocycles. The molecular weight excluding hydrogens is 519 g/mol. The number of phenols is 1. The van der Waals surface area contributed by atoms with Crippen LogP contribution in [-0.4, -0.2) is 29.6 Å². The number of benzene rings is 3. The van der Waals surface area contributed by atoms with Crippen LogP contribution in [0.25, 0.3) is 6.08 Å². The van der Waals surface area contributed by atoms with E-state index in [9.17, 15) is 23.9 Å². The first-order chi connectivity index (χ1) is 16.8. The second kappa shape index (κ2) is 10.1. The molecule has 3 aromatic carbocycles. The van der Waals surface area contributed by atoms with Gasteiger partial charge in [0, 0.05) is 16.5 Å². The van der Waals surface area contributed by atoms with Gasteiger partial charge in [0.25, 0.3) is 11.8 Å². The molecule has 0 bridgehead atoms. The summed E-state index contributed by atoms with van der Waals surface area (Å²) in [5.74, 6) is -1.55. The Bertz CT molecular complexity index is 1350. The Balaban J connectivity index is 1.72. The number of rotatable bonds is 6. The number of hydrogen-bond acceptors (Lipinski definition) is 5. The van der Waals surface area contributed by atoms with Crippen molar-refractivity contribution < 1.29 is 28.6 Å². The number of halogens is 2. The maximum absolute atomic E-state index is 14.2. The lowest BCUT2D eigenvalue weighted by Crippen LogP contribution is -2.54. The molecule has 2 N–H and O–H groups in total. The van der Waals surface area contributed by atoms with Crippen molar-refractivity contribution in [1.29, 1.82) is 0 Å². The number of nitrogens with zero attached hydrogens (tertiary/aromatic N) is 1. The van der Waals surface area contributed by atoms with Crippen LogP contribution in [0, 0.1) is 5.82 Å². The number of carbonyl (C=O) groups excluding carboxylic acids is 3. The van der Waals surface area contributed by atoms with Crippen LogP contribution < -0.4 is 15.0 Å². The molecule has 7 nitrogen and oxygen atoms in total. The van der Waals surface area contributed by atoms with E-state index in [-0.39, 0.29) is 29.2 Å². The van der Waals surface area contributed by atoms with E-state index < -0.39 is 17.8 Å². The molecule has 0 aliphatic carbocycles. The standard InChI is InChI=1S/C26H20BrFN2O5/c1-2-35-23-13-15(12-21(27)19(23)14-16-5-3-4-6-22(16)28)11-20-24(32)29-26(34)30(25(20)33)17-7-9-18(31)10-8-17/h3-13,31H,2,14H2,1H3,(H,29,32,34)/b20-11+. The highest BCUT2D eigenvalue weighted by atomic mass is 79.9. The van der Waals surface area contributed by atoms with E-state index in [0.29, 0.717) is 33.5 Å². The third-order valence-corrected chi connectivity index (χ3v) is 6.03. The summed E-state index contributed by atoms with van der Waals surface area (Å²) < 4.78 is 20.6. The zero-order chi connectivity index (χ0) is 25.1. The van der Waals surface area contributed by atoms with E-state index in [1.54, 1.807) is 30.3 Å². The fourth-order valence-electron chi connectivity index (χ4n) is 3.66. The van der Waals surface area contributed by atoms with Crippen molar-refractivity contribution >= 4 is 45.5 Å². The largest absolute Gasteiger partial charge is 0.508 e. The number of barbiturate groups is 1. The van der Waals surface area contributed by atoms with Gasteiger partial charge in [0.05, 0.1) is 12.3 Å². The summed E-state index contributed by atoms with van der Waals surface area (Å²) in [5.41, 5.74) is 1.61. The van der Waals surface area contributed by atoms with Crippen LogP contribution in [0.4, 0.5) is 14.9 Å². The summed E-state index contributed by atoms with van der Waals surface area (Å²) in [4.78, 5) is 38.8.